The molecule has 2 heterocycles. The summed E-state index contributed by atoms with van der Waals surface area (Å²) < 4.78 is 2.21. The molecule has 7 heteroatoms. The molecule has 0 aliphatic carbocycles. The van der Waals surface area contributed by atoms with Crippen LogP contribution in [0.15, 0.2) is 47.8 Å². The van der Waals surface area contributed by atoms with Gasteiger partial charge in [0.15, 0.2) is 10.6 Å². The Morgan fingerprint density at radius 1 is 1.28 bits per heavy atom. The molecule has 0 bridgehead atoms. The number of rotatable bonds is 6. The van der Waals surface area contributed by atoms with Gasteiger partial charge in [-0.15, -0.1) is 11.3 Å². The van der Waals surface area contributed by atoms with Crippen LogP contribution in [-0.4, -0.2) is 27.2 Å². The minimum atomic E-state index is -0.439. The molecule has 0 spiro atoms. The van der Waals surface area contributed by atoms with Gasteiger partial charge < -0.3 is 5.32 Å². The molecule has 2 N–H and O–H groups in total. The number of aromatic nitrogens is 3. The summed E-state index contributed by atoms with van der Waals surface area (Å²) in [6.07, 6.45) is 0. The standard InChI is InChI=1S/C18H20N4OS2/c1-12(14-7-4-3-5-8-14)11-19-17(23)13(2)22-16(20-21-18(22)24)15-9-6-10-25-15/h3-10,12-13H,11H2,1-2H3,(H,19,23)(H,21,24)/t12-,13-/m0/s1. The third-order valence-electron chi connectivity index (χ3n) is 4.16. The second-order valence-electron chi connectivity index (χ2n) is 5.93. The summed E-state index contributed by atoms with van der Waals surface area (Å²) >= 11 is 6.89. The normalized spacial score (nSPS) is 13.4. The zero-order valence-corrected chi connectivity index (χ0v) is 15.7. The maximum Gasteiger partial charge on any atom is 0.242 e. The highest BCUT2D eigenvalue weighted by molar-refractivity contribution is 7.71. The van der Waals surface area contributed by atoms with Gasteiger partial charge in [0.25, 0.3) is 0 Å². The number of benzene rings is 1. The molecule has 3 rings (SSSR count). The molecular weight excluding hydrogens is 352 g/mol. The molecule has 0 radical (unpaired) electrons. The van der Waals surface area contributed by atoms with Gasteiger partial charge in [-0.2, -0.15) is 5.10 Å². The van der Waals surface area contributed by atoms with Gasteiger partial charge >= 0.3 is 0 Å². The highest BCUT2D eigenvalue weighted by atomic mass is 32.1. The SMILES string of the molecule is C[C@@H](CNC(=O)[C@H](C)n1c(-c2cccs2)n[nH]c1=S)c1ccccc1. The Morgan fingerprint density at radius 2 is 2.04 bits per heavy atom. The molecule has 0 aliphatic rings. The van der Waals surface area contributed by atoms with Gasteiger partial charge in [-0.1, -0.05) is 43.3 Å². The summed E-state index contributed by atoms with van der Waals surface area (Å²) in [4.78, 5) is 13.6. The predicted octanol–water partition coefficient (Wildman–Crippen LogP) is 4.15. The molecule has 0 fully saturated rings. The summed E-state index contributed by atoms with van der Waals surface area (Å²) in [6.45, 7) is 4.51. The van der Waals surface area contributed by atoms with Gasteiger partial charge in [-0.3, -0.25) is 14.5 Å². The fourth-order valence-electron chi connectivity index (χ4n) is 2.66. The smallest absolute Gasteiger partial charge is 0.242 e. The number of aromatic amines is 1. The first kappa shape index (κ1) is 17.6. The Kier molecular flexibility index (Phi) is 5.45. The topological polar surface area (TPSA) is 62.7 Å². The van der Waals surface area contributed by atoms with E-state index in [0.29, 0.717) is 17.1 Å². The molecule has 0 unspecified atom stereocenters. The Bertz CT molecular complexity index is 883. The van der Waals surface area contributed by atoms with Crippen molar-refractivity contribution in [3.05, 3.63) is 58.2 Å². The van der Waals surface area contributed by atoms with Gasteiger partial charge in [0.05, 0.1) is 4.88 Å². The number of hydrogen-bond donors (Lipinski definition) is 2. The average molecular weight is 373 g/mol. The van der Waals surface area contributed by atoms with Crippen molar-refractivity contribution >= 4 is 29.5 Å². The molecule has 0 saturated heterocycles. The maximum atomic E-state index is 12.6. The molecule has 25 heavy (non-hydrogen) atoms. The van der Waals surface area contributed by atoms with Crippen LogP contribution >= 0.6 is 23.6 Å². The first-order valence-corrected chi connectivity index (χ1v) is 9.40. The van der Waals surface area contributed by atoms with Crippen molar-refractivity contribution in [1.82, 2.24) is 20.1 Å². The fraction of sp³-hybridized carbons (Fsp3) is 0.278. The van der Waals surface area contributed by atoms with Crippen LogP contribution in [-0.2, 0) is 4.79 Å². The predicted molar refractivity (Wildman–Crippen MR) is 103 cm³/mol. The Hall–Kier alpha value is -2.25. The van der Waals surface area contributed by atoms with E-state index in [9.17, 15) is 4.79 Å². The second-order valence-corrected chi connectivity index (χ2v) is 7.27. The number of H-pyrrole nitrogens is 1. The van der Waals surface area contributed by atoms with Gasteiger partial charge in [0, 0.05) is 6.54 Å². The molecule has 130 valence electrons. The van der Waals surface area contributed by atoms with Crippen molar-refractivity contribution in [2.24, 2.45) is 0 Å². The summed E-state index contributed by atoms with van der Waals surface area (Å²) in [5.41, 5.74) is 1.20. The van der Waals surface area contributed by atoms with E-state index in [1.54, 1.807) is 15.9 Å². The quantitative estimate of drug-likeness (QED) is 0.639. The van der Waals surface area contributed by atoms with Crippen molar-refractivity contribution in [2.75, 3.05) is 6.54 Å². The van der Waals surface area contributed by atoms with E-state index in [-0.39, 0.29) is 11.8 Å². The molecule has 1 aromatic carbocycles. The average Bonchev–Trinajstić information content (AvgIpc) is 3.28. The minimum absolute atomic E-state index is 0.0712. The number of hydrogen-bond acceptors (Lipinski definition) is 4. The van der Waals surface area contributed by atoms with Crippen LogP contribution in [0.25, 0.3) is 10.7 Å². The molecule has 0 saturated carbocycles. The number of amides is 1. The van der Waals surface area contributed by atoms with E-state index >= 15 is 0 Å². The van der Waals surface area contributed by atoms with Crippen LogP contribution in [0.2, 0.25) is 0 Å². The van der Waals surface area contributed by atoms with E-state index in [1.165, 1.54) is 5.56 Å². The Morgan fingerprint density at radius 3 is 2.72 bits per heavy atom. The summed E-state index contributed by atoms with van der Waals surface area (Å²) in [5, 5.41) is 12.1. The first-order chi connectivity index (χ1) is 12.1. The highest BCUT2D eigenvalue weighted by Crippen LogP contribution is 2.25. The zero-order chi connectivity index (χ0) is 17.8. The van der Waals surface area contributed by atoms with Crippen molar-refractivity contribution in [2.45, 2.75) is 25.8 Å². The monoisotopic (exact) mass is 372 g/mol. The summed E-state index contributed by atoms with van der Waals surface area (Å²) in [5.74, 6) is 0.864. The van der Waals surface area contributed by atoms with E-state index in [1.807, 2.05) is 42.6 Å². The van der Waals surface area contributed by atoms with Crippen LogP contribution in [0.5, 0.6) is 0 Å². The molecule has 0 aliphatic heterocycles. The molecule has 3 aromatic rings. The number of carbonyl (C=O) groups excluding carboxylic acids is 1. The summed E-state index contributed by atoms with van der Waals surface area (Å²) in [6, 6.07) is 13.6. The number of nitrogens with zero attached hydrogens (tertiary/aromatic N) is 2. The van der Waals surface area contributed by atoms with Gasteiger partial charge in [0.2, 0.25) is 5.91 Å². The van der Waals surface area contributed by atoms with Crippen molar-refractivity contribution in [3.8, 4) is 10.7 Å². The van der Waals surface area contributed by atoms with Crippen LogP contribution in [0, 0.1) is 4.77 Å². The molecular formula is C18H20N4OS2. The zero-order valence-electron chi connectivity index (χ0n) is 14.1. The largest absolute Gasteiger partial charge is 0.354 e. The van der Waals surface area contributed by atoms with E-state index in [0.717, 1.165) is 4.88 Å². The maximum absolute atomic E-state index is 12.6. The van der Waals surface area contributed by atoms with Gasteiger partial charge in [-0.05, 0) is 42.1 Å². The molecule has 1 amide bonds. The lowest BCUT2D eigenvalue weighted by Crippen LogP contribution is -2.33. The number of carbonyl (C=O) groups is 1. The molecule has 2 atom stereocenters. The van der Waals surface area contributed by atoms with Crippen molar-refractivity contribution in [1.29, 1.82) is 0 Å². The fourth-order valence-corrected chi connectivity index (χ4v) is 3.66. The Balaban J connectivity index is 1.71. The van der Waals surface area contributed by atoms with Crippen LogP contribution in [0.4, 0.5) is 0 Å². The van der Waals surface area contributed by atoms with E-state index < -0.39 is 6.04 Å². The lowest BCUT2D eigenvalue weighted by atomic mass is 10.0. The molecule has 5 nitrogen and oxygen atoms in total. The summed E-state index contributed by atoms with van der Waals surface area (Å²) in [7, 11) is 0. The second kappa shape index (κ2) is 7.76. The third-order valence-corrected chi connectivity index (χ3v) is 5.32. The van der Waals surface area contributed by atoms with Crippen molar-refractivity contribution in [3.63, 3.8) is 0 Å². The first-order valence-electron chi connectivity index (χ1n) is 8.11. The van der Waals surface area contributed by atoms with E-state index in [2.05, 4.69) is 34.6 Å². The third kappa shape index (κ3) is 3.88. The van der Waals surface area contributed by atoms with Gasteiger partial charge in [-0.25, -0.2) is 0 Å². The van der Waals surface area contributed by atoms with Crippen LogP contribution in [0.3, 0.4) is 0 Å². The van der Waals surface area contributed by atoms with Crippen LogP contribution < -0.4 is 5.32 Å². The lowest BCUT2D eigenvalue weighted by molar-refractivity contribution is -0.123. The highest BCUT2D eigenvalue weighted by Gasteiger charge is 2.21. The lowest BCUT2D eigenvalue weighted by Gasteiger charge is -2.18. The van der Waals surface area contributed by atoms with E-state index in [4.69, 9.17) is 12.2 Å². The number of thiophene rings is 1. The molecule has 2 aromatic heterocycles. The van der Waals surface area contributed by atoms with Gasteiger partial charge in [0.1, 0.15) is 6.04 Å². The van der Waals surface area contributed by atoms with Crippen LogP contribution in [0.1, 0.15) is 31.4 Å². The number of nitrogens with one attached hydrogen (secondary N) is 2. The minimum Gasteiger partial charge on any atom is -0.354 e. The Labute approximate surface area is 155 Å². The van der Waals surface area contributed by atoms with Crippen molar-refractivity contribution < 1.29 is 4.79 Å².